The quantitative estimate of drug-likeness (QED) is 0.0863. The van der Waals surface area contributed by atoms with E-state index in [1.54, 1.807) is 20.8 Å². The average molecular weight is 670 g/mol. The highest BCUT2D eigenvalue weighted by Crippen LogP contribution is 2.30. The van der Waals surface area contributed by atoms with Crippen molar-refractivity contribution in [2.45, 2.75) is 104 Å². The second-order valence-corrected chi connectivity index (χ2v) is 12.7. The zero-order valence-electron chi connectivity index (χ0n) is 28.0. The number of nitrogens with two attached hydrogens (primary N) is 1. The van der Waals surface area contributed by atoms with Crippen molar-refractivity contribution in [2.24, 2.45) is 29.4 Å². The summed E-state index contributed by atoms with van der Waals surface area (Å²) < 4.78 is 10.7. The lowest BCUT2D eigenvalue weighted by Gasteiger charge is -2.30. The maximum absolute atomic E-state index is 13.8. The Kier molecular flexibility index (Phi) is 18.0. The van der Waals surface area contributed by atoms with Gasteiger partial charge >= 0.3 is 11.9 Å². The van der Waals surface area contributed by atoms with Gasteiger partial charge in [-0.3, -0.25) is 33.6 Å². The van der Waals surface area contributed by atoms with Gasteiger partial charge in [0.25, 0.3) is 0 Å². The molecule has 266 valence electrons. The van der Waals surface area contributed by atoms with Crippen LogP contribution < -0.4 is 11.1 Å². The van der Waals surface area contributed by atoms with Crippen LogP contribution in [0.15, 0.2) is 0 Å². The molecule has 1 aliphatic rings. The number of hydrogen-bond donors (Lipinski definition) is 4. The number of hydrogen-bond acceptors (Lipinski definition) is 11. The number of aliphatic carboxylic acids is 1. The van der Waals surface area contributed by atoms with Crippen LogP contribution in [0.25, 0.3) is 0 Å². The summed E-state index contributed by atoms with van der Waals surface area (Å²) in [5, 5.41) is 20.4. The largest absolute Gasteiger partial charge is 0.480 e. The molecule has 3 amide bonds. The van der Waals surface area contributed by atoms with E-state index in [0.29, 0.717) is 6.42 Å². The Morgan fingerprint density at radius 3 is 2.17 bits per heavy atom. The maximum atomic E-state index is 13.8. The van der Waals surface area contributed by atoms with Crippen LogP contribution in [0, 0.1) is 23.7 Å². The van der Waals surface area contributed by atoms with Crippen LogP contribution >= 0.6 is 0 Å². The fourth-order valence-corrected chi connectivity index (χ4v) is 5.29. The number of aliphatic hydroxyl groups excluding tert-OH is 1. The predicted octanol–water partition coefficient (Wildman–Crippen LogP) is 0.565. The van der Waals surface area contributed by atoms with Gasteiger partial charge in [0, 0.05) is 44.8 Å². The molecule has 1 heterocycles. The Morgan fingerprint density at radius 2 is 1.64 bits per heavy atom. The van der Waals surface area contributed by atoms with Gasteiger partial charge in [-0.2, -0.15) is 0 Å². The van der Waals surface area contributed by atoms with Gasteiger partial charge in [-0.05, 0) is 24.7 Å². The Bertz CT molecular complexity index is 1140. The number of ketones is 3. The molecule has 0 saturated carbocycles. The molecule has 15 nitrogen and oxygen atoms in total. The molecule has 1 saturated heterocycles. The number of Topliss-reactive ketones (excluding diaryl/α,β-unsaturated/α-hetero) is 3. The molecule has 5 N–H and O–H groups in total. The average Bonchev–Trinajstić information content (AvgIpc) is 3.43. The highest BCUT2D eigenvalue weighted by atomic mass is 16.5. The fourth-order valence-electron chi connectivity index (χ4n) is 5.29. The molecule has 15 heteroatoms. The van der Waals surface area contributed by atoms with Gasteiger partial charge in [-0.1, -0.05) is 41.0 Å². The van der Waals surface area contributed by atoms with Crippen molar-refractivity contribution >= 4 is 47.0 Å². The number of esters is 1. The fraction of sp³-hybridized carbons (Fsp3) is 0.750. The second-order valence-electron chi connectivity index (χ2n) is 12.7. The summed E-state index contributed by atoms with van der Waals surface area (Å²) in [5.74, 6) is -8.21. The van der Waals surface area contributed by atoms with Crippen molar-refractivity contribution in [2.75, 3.05) is 26.4 Å². The number of carbonyl (C=O) groups excluding carboxylic acids is 7. The van der Waals surface area contributed by atoms with Crippen LogP contribution in [-0.4, -0.2) is 107 Å². The normalized spacial score (nSPS) is 18.0. The van der Waals surface area contributed by atoms with Crippen molar-refractivity contribution < 1.29 is 58.0 Å². The molecule has 1 aliphatic heterocycles. The first-order valence-corrected chi connectivity index (χ1v) is 16.1. The molecule has 0 radical (unpaired) electrons. The zero-order valence-corrected chi connectivity index (χ0v) is 28.0. The van der Waals surface area contributed by atoms with Gasteiger partial charge in [0.2, 0.25) is 23.5 Å². The van der Waals surface area contributed by atoms with E-state index in [2.05, 4.69) is 5.32 Å². The third-order valence-electron chi connectivity index (χ3n) is 7.85. The number of ether oxygens (including phenoxy) is 2. The molecule has 0 bridgehead atoms. The highest BCUT2D eigenvalue weighted by molar-refractivity contribution is 6.38. The van der Waals surface area contributed by atoms with Crippen molar-refractivity contribution in [1.82, 2.24) is 10.2 Å². The van der Waals surface area contributed by atoms with Crippen LogP contribution in [0.4, 0.5) is 0 Å². The Balaban J connectivity index is 3.10. The van der Waals surface area contributed by atoms with Crippen LogP contribution in [0.2, 0.25) is 0 Å². The minimum Gasteiger partial charge on any atom is -0.480 e. The van der Waals surface area contributed by atoms with E-state index in [1.165, 1.54) is 4.90 Å². The highest BCUT2D eigenvalue weighted by Gasteiger charge is 2.44. The summed E-state index contributed by atoms with van der Waals surface area (Å²) >= 11 is 0. The van der Waals surface area contributed by atoms with Crippen LogP contribution in [0.3, 0.4) is 0 Å². The number of primary amides is 1. The number of nitrogens with zero attached hydrogens (tertiary/aromatic N) is 1. The molecule has 1 rings (SSSR count). The Labute approximate surface area is 275 Å². The number of carboxylic acid groups (broad SMARTS) is 1. The first-order chi connectivity index (χ1) is 22.0. The van der Waals surface area contributed by atoms with Crippen molar-refractivity contribution in [3.63, 3.8) is 0 Å². The maximum Gasteiger partial charge on any atom is 0.329 e. The third-order valence-corrected chi connectivity index (χ3v) is 7.85. The summed E-state index contributed by atoms with van der Waals surface area (Å²) in [5.41, 5.74) is 5.19. The molecule has 3 unspecified atom stereocenters. The second kappa shape index (κ2) is 20.5. The lowest BCUT2D eigenvalue weighted by atomic mass is 9.87. The topological polar surface area (TPSA) is 237 Å². The summed E-state index contributed by atoms with van der Waals surface area (Å²) in [6.45, 7) is 8.05. The first kappa shape index (κ1) is 41.3. The lowest BCUT2D eigenvalue weighted by Crippen LogP contribution is -2.46. The van der Waals surface area contributed by atoms with E-state index in [0.717, 1.165) is 0 Å². The molecule has 47 heavy (non-hydrogen) atoms. The van der Waals surface area contributed by atoms with Crippen LogP contribution in [-0.2, 0) is 47.8 Å². The number of carboxylic acids is 1. The standard InChI is InChI=1S/C32H51N3O12/c1-6-7-20(30(43)25(37)8-9-27(39)34-23(10-11-36)31(33)44)12-26(38)24-13-21(46-17-28(40)41)15-35(24)32(45)22(19(4)5)14-29(42)47-16-18(2)3/h18-24,36H,6-17H2,1-5H3,(H2,33,44)(H,34,39)(H,40,41)/t20?,21-,22?,23?,24+/m1/s1. The van der Waals surface area contributed by atoms with E-state index < -0.39 is 103 Å². The van der Waals surface area contributed by atoms with E-state index in [9.17, 15) is 38.4 Å². The SMILES string of the molecule is CCCC(CC(=O)[C@@H]1C[C@@H](OCC(=O)O)CN1C(=O)C(CC(=O)OCC(C)C)C(C)C)C(=O)C(=O)CCC(=O)NC(CCO)C(N)=O. The molecule has 0 aromatic rings. The van der Waals surface area contributed by atoms with Gasteiger partial charge in [0.15, 0.2) is 11.6 Å². The van der Waals surface area contributed by atoms with E-state index in [-0.39, 0.29) is 57.1 Å². The smallest absolute Gasteiger partial charge is 0.329 e. The van der Waals surface area contributed by atoms with Gasteiger partial charge in [0.05, 0.1) is 31.1 Å². The first-order valence-electron chi connectivity index (χ1n) is 16.1. The summed E-state index contributed by atoms with van der Waals surface area (Å²) in [4.78, 5) is 102. The van der Waals surface area contributed by atoms with E-state index >= 15 is 0 Å². The summed E-state index contributed by atoms with van der Waals surface area (Å²) in [6.07, 6.45) is -1.81. The number of aliphatic hydroxyl groups is 1. The molecular weight excluding hydrogens is 618 g/mol. The van der Waals surface area contributed by atoms with Gasteiger partial charge < -0.3 is 35.6 Å². The van der Waals surface area contributed by atoms with Gasteiger partial charge in [-0.25, -0.2) is 4.79 Å². The summed E-state index contributed by atoms with van der Waals surface area (Å²) in [6, 6.07) is -2.22. The number of rotatable bonds is 23. The van der Waals surface area contributed by atoms with Crippen molar-refractivity contribution in [1.29, 1.82) is 0 Å². The molecular formula is C32H51N3O12. The summed E-state index contributed by atoms with van der Waals surface area (Å²) in [7, 11) is 0. The molecule has 1 fully saturated rings. The van der Waals surface area contributed by atoms with Crippen LogP contribution in [0.5, 0.6) is 0 Å². The van der Waals surface area contributed by atoms with Gasteiger partial charge in [0.1, 0.15) is 12.6 Å². The predicted molar refractivity (Wildman–Crippen MR) is 166 cm³/mol. The molecule has 0 aromatic carbocycles. The number of nitrogens with one attached hydrogen (secondary N) is 1. The zero-order chi connectivity index (χ0) is 35.8. The monoisotopic (exact) mass is 669 g/mol. The molecule has 0 spiro atoms. The van der Waals surface area contributed by atoms with Crippen molar-refractivity contribution in [3.05, 3.63) is 0 Å². The van der Waals surface area contributed by atoms with Gasteiger partial charge in [-0.15, -0.1) is 0 Å². The van der Waals surface area contributed by atoms with Crippen molar-refractivity contribution in [3.8, 4) is 0 Å². The third kappa shape index (κ3) is 14.3. The van der Waals surface area contributed by atoms with E-state index in [1.807, 2.05) is 13.8 Å². The number of amides is 3. The number of likely N-dealkylation sites (tertiary alicyclic amines) is 1. The Morgan fingerprint density at radius 1 is 0.979 bits per heavy atom. The number of carbonyl (C=O) groups is 8. The van der Waals surface area contributed by atoms with E-state index in [4.69, 9.17) is 25.4 Å². The molecule has 0 aromatic heterocycles. The minimum absolute atomic E-state index is 0.0313. The Hall–Kier alpha value is -3.72. The lowest BCUT2D eigenvalue weighted by molar-refractivity contribution is -0.152. The van der Waals surface area contributed by atoms with Crippen LogP contribution in [0.1, 0.15) is 86.0 Å². The minimum atomic E-state index is -1.23. The molecule has 0 aliphatic carbocycles. The molecule has 5 atom stereocenters.